The summed E-state index contributed by atoms with van der Waals surface area (Å²) >= 11 is 0. The molecule has 1 amide bonds. The van der Waals surface area contributed by atoms with Gasteiger partial charge in [0.25, 0.3) is 0 Å². The Morgan fingerprint density at radius 2 is 1.63 bits per heavy atom. The van der Waals surface area contributed by atoms with Crippen molar-refractivity contribution in [1.29, 1.82) is 0 Å². The van der Waals surface area contributed by atoms with Crippen LogP contribution in [0.1, 0.15) is 51.9 Å². The minimum atomic E-state index is -0.838. The molecule has 0 aliphatic rings. The van der Waals surface area contributed by atoms with Crippen LogP contribution in [0.2, 0.25) is 0 Å². The first-order valence-electron chi connectivity index (χ1n) is 11.7. The van der Waals surface area contributed by atoms with Crippen molar-refractivity contribution in [3.63, 3.8) is 0 Å². The molecule has 0 spiro atoms. The number of nitrogens with one attached hydrogen (secondary N) is 2. The summed E-state index contributed by atoms with van der Waals surface area (Å²) in [6, 6.07) is -0.838. The van der Waals surface area contributed by atoms with Crippen LogP contribution in [0.5, 0.6) is 0 Å². The Balaban J connectivity index is 4.69. The van der Waals surface area contributed by atoms with Crippen LogP contribution in [-0.2, 0) is 28.7 Å². The van der Waals surface area contributed by atoms with Gasteiger partial charge in [-0.25, -0.2) is 4.79 Å². The summed E-state index contributed by atoms with van der Waals surface area (Å²) in [5.41, 5.74) is 15.8. The minimum absolute atomic E-state index is 0.0346. The monoisotopic (exact) mass is 499 g/mol. The zero-order chi connectivity index (χ0) is 26.5. The molecule has 0 fully saturated rings. The normalized spacial score (nSPS) is 12.5. The molecule has 0 aromatic heterocycles. The maximum absolute atomic E-state index is 12.6. The number of amides is 1. The molecule has 0 aliphatic carbocycles. The molecule has 2 unspecified atom stereocenters. The highest BCUT2D eigenvalue weighted by Gasteiger charge is 2.24. The second-order valence-corrected chi connectivity index (χ2v) is 7.88. The first-order valence-corrected chi connectivity index (χ1v) is 11.7. The largest absolute Gasteiger partial charge is 0.462 e. The summed E-state index contributed by atoms with van der Waals surface area (Å²) < 4.78 is 10.4. The molecule has 0 saturated heterocycles. The lowest BCUT2D eigenvalue weighted by Crippen LogP contribution is -2.41. The fourth-order valence-corrected chi connectivity index (χ4v) is 3.15. The zero-order valence-corrected chi connectivity index (χ0v) is 20.8. The number of hydrogen-bond donors (Lipinski definition) is 5. The maximum Gasteiger partial charge on any atom is 0.328 e. The van der Waals surface area contributed by atoms with E-state index in [0.717, 1.165) is 0 Å². The fraction of sp³-hybridized carbons (Fsp3) is 0.727. The fourth-order valence-electron chi connectivity index (χ4n) is 3.15. The van der Waals surface area contributed by atoms with Gasteiger partial charge in [0.15, 0.2) is 5.96 Å². The Morgan fingerprint density at radius 1 is 0.971 bits per heavy atom. The number of carbonyl (C=O) groups excluding carboxylic acids is 4. The smallest absolute Gasteiger partial charge is 0.328 e. The number of nitrogens with two attached hydrogens (primary N) is 3. The Labute approximate surface area is 206 Å². The van der Waals surface area contributed by atoms with Gasteiger partial charge in [0.2, 0.25) is 5.91 Å². The van der Waals surface area contributed by atoms with Crippen molar-refractivity contribution in [3.8, 4) is 0 Å². The molecule has 0 heterocycles. The van der Waals surface area contributed by atoms with E-state index in [1.54, 1.807) is 7.05 Å². The predicted molar refractivity (Wildman–Crippen MR) is 132 cm³/mol. The molecule has 0 aromatic carbocycles. The van der Waals surface area contributed by atoms with Crippen LogP contribution in [0.3, 0.4) is 0 Å². The number of ketones is 1. The number of guanidine groups is 1. The van der Waals surface area contributed by atoms with Gasteiger partial charge in [0.1, 0.15) is 25.0 Å². The minimum Gasteiger partial charge on any atom is -0.462 e. The van der Waals surface area contributed by atoms with E-state index in [0.29, 0.717) is 58.2 Å². The van der Waals surface area contributed by atoms with Gasteiger partial charge in [-0.1, -0.05) is 0 Å². The summed E-state index contributed by atoms with van der Waals surface area (Å²) in [5.74, 6) is -2.28. The highest BCUT2D eigenvalue weighted by atomic mass is 16.6. The lowest BCUT2D eigenvalue weighted by molar-refractivity contribution is -0.157. The third-order valence-electron chi connectivity index (χ3n) is 4.81. The van der Waals surface area contributed by atoms with E-state index in [1.807, 2.05) is 0 Å². The molecule has 0 bridgehead atoms. The number of esters is 2. The van der Waals surface area contributed by atoms with Crippen molar-refractivity contribution < 1.29 is 28.7 Å². The van der Waals surface area contributed by atoms with Gasteiger partial charge in [0.05, 0.1) is 12.3 Å². The average molecular weight is 500 g/mol. The van der Waals surface area contributed by atoms with Gasteiger partial charge >= 0.3 is 11.9 Å². The van der Waals surface area contributed by atoms with Crippen molar-refractivity contribution >= 4 is 35.9 Å². The molecular formula is C22H41N7O6. The molecule has 0 radical (unpaired) electrons. The maximum atomic E-state index is 12.6. The van der Waals surface area contributed by atoms with Crippen LogP contribution in [0.4, 0.5) is 0 Å². The molecule has 0 aromatic rings. The van der Waals surface area contributed by atoms with Gasteiger partial charge < -0.3 is 37.3 Å². The van der Waals surface area contributed by atoms with Crippen LogP contribution >= 0.6 is 0 Å². The molecule has 0 aliphatic heterocycles. The lowest BCUT2D eigenvalue weighted by Gasteiger charge is -2.17. The van der Waals surface area contributed by atoms with Gasteiger partial charge in [-0.05, 0) is 45.7 Å². The number of carbonyl (C=O) groups is 4. The van der Waals surface area contributed by atoms with Crippen molar-refractivity contribution in [2.45, 2.75) is 57.9 Å². The lowest BCUT2D eigenvalue weighted by atomic mass is 9.95. The van der Waals surface area contributed by atoms with E-state index in [4.69, 9.17) is 26.7 Å². The highest BCUT2D eigenvalue weighted by Crippen LogP contribution is 2.16. The molecular weight excluding hydrogens is 458 g/mol. The molecule has 35 heavy (non-hydrogen) atoms. The van der Waals surface area contributed by atoms with Gasteiger partial charge in [0, 0.05) is 32.9 Å². The summed E-state index contributed by atoms with van der Waals surface area (Å²) in [4.78, 5) is 56.2. The van der Waals surface area contributed by atoms with Gasteiger partial charge in [-0.15, -0.1) is 0 Å². The van der Waals surface area contributed by atoms with E-state index in [1.165, 1.54) is 13.3 Å². The molecule has 200 valence electrons. The van der Waals surface area contributed by atoms with Gasteiger partial charge in [-0.3, -0.25) is 24.4 Å². The van der Waals surface area contributed by atoms with Crippen molar-refractivity contribution in [2.24, 2.45) is 33.1 Å². The SMILES string of the molecule is CNCCCC(=O)CC(CCCN=C(N)N)C(=O)OCCOC(=O)C(CCCN=CN)NC(C)=O. The summed E-state index contributed by atoms with van der Waals surface area (Å²) in [6.07, 6.45) is 3.98. The average Bonchev–Trinajstić information content (AvgIpc) is 2.80. The van der Waals surface area contributed by atoms with Crippen molar-refractivity contribution in [2.75, 3.05) is 39.9 Å². The van der Waals surface area contributed by atoms with Crippen LogP contribution in [0.15, 0.2) is 9.98 Å². The Kier molecular flexibility index (Phi) is 18.3. The third-order valence-corrected chi connectivity index (χ3v) is 4.81. The second kappa shape index (κ2) is 20.2. The molecule has 13 nitrogen and oxygen atoms in total. The number of ether oxygens (including phenoxy) is 2. The first-order chi connectivity index (χ1) is 16.7. The van der Waals surface area contributed by atoms with E-state index in [2.05, 4.69) is 20.6 Å². The predicted octanol–water partition coefficient (Wildman–Crippen LogP) is -1.03. The third kappa shape index (κ3) is 17.9. The van der Waals surface area contributed by atoms with Crippen LogP contribution in [0, 0.1) is 5.92 Å². The van der Waals surface area contributed by atoms with Crippen LogP contribution < -0.4 is 27.8 Å². The quantitative estimate of drug-likeness (QED) is 0.0594. The topological polar surface area (TPSA) is 214 Å². The van der Waals surface area contributed by atoms with Gasteiger partial charge in [-0.2, -0.15) is 0 Å². The number of nitrogens with zero attached hydrogens (tertiary/aromatic N) is 2. The molecule has 0 rings (SSSR count). The molecule has 2 atom stereocenters. The van der Waals surface area contributed by atoms with E-state index in [-0.39, 0.29) is 37.3 Å². The Bertz CT molecular complexity index is 710. The molecule has 13 heteroatoms. The van der Waals surface area contributed by atoms with E-state index >= 15 is 0 Å². The van der Waals surface area contributed by atoms with Crippen molar-refractivity contribution in [1.82, 2.24) is 10.6 Å². The first kappa shape index (κ1) is 31.8. The van der Waals surface area contributed by atoms with E-state index in [9.17, 15) is 19.2 Å². The zero-order valence-electron chi connectivity index (χ0n) is 20.8. The Morgan fingerprint density at radius 3 is 2.23 bits per heavy atom. The highest BCUT2D eigenvalue weighted by molar-refractivity contribution is 5.84. The standard InChI is InChI=1S/C22H41N7O6/c1-16(30)29-19(8-5-10-27-15-23)21(33)35-13-12-34-20(32)17(6-3-11-28-22(24)25)14-18(31)7-4-9-26-2/h15,17,19,26H,3-14H2,1-2H3,(H2,23,27)(H,29,30)(H4,24,25,28). The van der Waals surface area contributed by atoms with Crippen molar-refractivity contribution in [3.05, 3.63) is 0 Å². The van der Waals surface area contributed by atoms with Crippen LogP contribution in [-0.4, -0.2) is 81.9 Å². The van der Waals surface area contributed by atoms with E-state index < -0.39 is 23.9 Å². The summed E-state index contributed by atoms with van der Waals surface area (Å²) in [6.45, 7) is 2.39. The number of rotatable bonds is 20. The molecule has 8 N–H and O–H groups in total. The second-order valence-electron chi connectivity index (χ2n) is 7.88. The summed E-state index contributed by atoms with van der Waals surface area (Å²) in [7, 11) is 1.80. The number of hydrogen-bond acceptors (Lipinski definition) is 9. The Hall–Kier alpha value is -3.22. The molecule has 0 saturated carbocycles. The number of aliphatic imine (C=N–C) groups is 2. The van der Waals surface area contributed by atoms with Crippen LogP contribution in [0.25, 0.3) is 0 Å². The summed E-state index contributed by atoms with van der Waals surface area (Å²) in [5, 5.41) is 5.50. The number of Topliss-reactive ketones (excluding diaryl/α,β-unsaturated/α-hetero) is 1.